The summed E-state index contributed by atoms with van der Waals surface area (Å²) in [5.74, 6) is -1.68. The zero-order chi connectivity index (χ0) is 30.2. The van der Waals surface area contributed by atoms with E-state index in [0.29, 0.717) is 18.0 Å². The first-order chi connectivity index (χ1) is 18.8. The van der Waals surface area contributed by atoms with Gasteiger partial charge in [0, 0.05) is 31.4 Å². The van der Waals surface area contributed by atoms with Crippen molar-refractivity contribution in [1.29, 1.82) is 0 Å². The number of hydrogen-bond acceptors (Lipinski definition) is 8. The molecule has 12 heteroatoms. The largest absolute Gasteiger partial charge is 0.476 e. The summed E-state index contributed by atoms with van der Waals surface area (Å²) in [6.07, 6.45) is 2.13. The summed E-state index contributed by atoms with van der Waals surface area (Å²) in [5.41, 5.74) is -0.811. The second-order valence-electron chi connectivity index (χ2n) is 11.3. The van der Waals surface area contributed by atoms with Crippen LogP contribution in [0, 0.1) is 11.8 Å². The number of amides is 3. The maximum atomic E-state index is 14.0. The Bertz CT molecular complexity index is 1030. The third-order valence-corrected chi connectivity index (χ3v) is 9.10. The zero-order valence-electron chi connectivity index (χ0n) is 25.2. The summed E-state index contributed by atoms with van der Waals surface area (Å²) in [5, 5.41) is 16.8. The molecule has 1 aliphatic heterocycles. The molecule has 2 heterocycles. The summed E-state index contributed by atoms with van der Waals surface area (Å²) in [6, 6.07) is -1.11. The Balaban J connectivity index is 2.33. The van der Waals surface area contributed by atoms with E-state index >= 15 is 0 Å². The van der Waals surface area contributed by atoms with E-state index in [1.54, 1.807) is 18.9 Å². The van der Waals surface area contributed by atoms with Crippen molar-refractivity contribution in [3.05, 3.63) is 16.1 Å². The lowest BCUT2D eigenvalue weighted by atomic mass is 9.86. The average molecular weight is 582 g/mol. The molecule has 0 radical (unpaired) electrons. The van der Waals surface area contributed by atoms with Crippen molar-refractivity contribution in [1.82, 2.24) is 25.4 Å². The van der Waals surface area contributed by atoms with Crippen LogP contribution in [-0.4, -0.2) is 88.6 Å². The fraction of sp³-hybridized carbons (Fsp3) is 0.750. The SMILES string of the molecule is CCNC(=O)OC(CC(C(C)C)N(C)C(=O)C(NC(=O)[C@]1(C)CCCCN1C)C(C)CC)c1nc(C(=O)O)cs1. The molecule has 0 bridgehead atoms. The molecular weight excluding hydrogens is 534 g/mol. The van der Waals surface area contributed by atoms with E-state index in [9.17, 15) is 24.3 Å². The molecule has 1 aromatic rings. The van der Waals surface area contributed by atoms with Crippen LogP contribution in [0.4, 0.5) is 4.79 Å². The molecule has 1 saturated heterocycles. The van der Waals surface area contributed by atoms with E-state index in [0.717, 1.165) is 37.1 Å². The van der Waals surface area contributed by atoms with Crippen LogP contribution < -0.4 is 10.6 Å². The molecule has 0 aromatic carbocycles. The first kappa shape index (κ1) is 33.5. The van der Waals surface area contributed by atoms with E-state index in [1.165, 1.54) is 5.38 Å². The third kappa shape index (κ3) is 8.15. The van der Waals surface area contributed by atoms with Gasteiger partial charge in [-0.2, -0.15) is 0 Å². The number of carboxylic acid groups (broad SMARTS) is 1. The van der Waals surface area contributed by atoms with Gasteiger partial charge in [-0.05, 0) is 58.5 Å². The average Bonchev–Trinajstić information content (AvgIpc) is 3.40. The number of likely N-dealkylation sites (tertiary alicyclic amines) is 1. The van der Waals surface area contributed by atoms with Gasteiger partial charge < -0.3 is 25.4 Å². The Kier molecular flexibility index (Phi) is 12.4. The Morgan fingerprint density at radius 2 is 1.90 bits per heavy atom. The van der Waals surface area contributed by atoms with Gasteiger partial charge in [-0.1, -0.05) is 34.1 Å². The highest BCUT2D eigenvalue weighted by molar-refractivity contribution is 7.09. The molecule has 3 amide bonds. The smallest absolute Gasteiger partial charge is 0.407 e. The van der Waals surface area contributed by atoms with E-state index in [2.05, 4.69) is 20.5 Å². The van der Waals surface area contributed by atoms with Gasteiger partial charge >= 0.3 is 12.1 Å². The Labute approximate surface area is 242 Å². The molecule has 2 rings (SSSR count). The van der Waals surface area contributed by atoms with Crippen LogP contribution in [0.3, 0.4) is 0 Å². The molecule has 0 aliphatic carbocycles. The number of likely N-dealkylation sites (N-methyl/N-ethyl adjacent to an activating group) is 2. The van der Waals surface area contributed by atoms with Gasteiger partial charge in [-0.25, -0.2) is 14.6 Å². The van der Waals surface area contributed by atoms with Gasteiger partial charge in [0.25, 0.3) is 0 Å². The quantitative estimate of drug-likeness (QED) is 0.318. The Hall–Kier alpha value is -2.73. The van der Waals surface area contributed by atoms with Gasteiger partial charge in [0.15, 0.2) is 11.8 Å². The second kappa shape index (κ2) is 14.8. The number of carbonyl (C=O) groups is 4. The first-order valence-corrected chi connectivity index (χ1v) is 15.1. The second-order valence-corrected chi connectivity index (χ2v) is 12.2. The number of hydrogen-bond donors (Lipinski definition) is 3. The zero-order valence-corrected chi connectivity index (χ0v) is 26.0. The number of carbonyl (C=O) groups excluding carboxylic acids is 3. The third-order valence-electron chi connectivity index (χ3n) is 8.16. The number of nitrogens with one attached hydrogen (secondary N) is 2. The molecule has 1 fully saturated rings. The van der Waals surface area contributed by atoms with Crippen LogP contribution in [-0.2, 0) is 14.3 Å². The van der Waals surface area contributed by atoms with Gasteiger partial charge in [-0.3, -0.25) is 14.5 Å². The van der Waals surface area contributed by atoms with Crippen molar-refractivity contribution in [2.45, 2.75) is 97.4 Å². The van der Waals surface area contributed by atoms with Gasteiger partial charge in [0.2, 0.25) is 11.8 Å². The van der Waals surface area contributed by atoms with E-state index < -0.39 is 29.7 Å². The maximum Gasteiger partial charge on any atom is 0.407 e. The lowest BCUT2D eigenvalue weighted by Gasteiger charge is -2.43. The van der Waals surface area contributed by atoms with Crippen molar-refractivity contribution in [3.63, 3.8) is 0 Å². The van der Waals surface area contributed by atoms with E-state index in [1.807, 2.05) is 41.7 Å². The molecule has 226 valence electrons. The minimum atomic E-state index is -1.17. The van der Waals surface area contributed by atoms with E-state index in [-0.39, 0.29) is 41.8 Å². The minimum Gasteiger partial charge on any atom is -0.476 e. The highest BCUT2D eigenvalue weighted by Gasteiger charge is 2.42. The van der Waals surface area contributed by atoms with Gasteiger partial charge in [0.1, 0.15) is 11.0 Å². The number of aromatic carboxylic acids is 1. The standard InChI is InChI=1S/C28H47N5O6S/c1-9-18(5)22(31-26(37)28(6)13-11-12-14-32(28)7)24(34)33(8)20(17(3)4)15-21(39-27(38)29-10-2)23-30-19(16-40-23)25(35)36/h16-18,20-22H,9-15H2,1-8H3,(H,29,38)(H,31,37)(H,35,36)/t18?,20?,21?,22?,28-/m0/s1. The van der Waals surface area contributed by atoms with Crippen LogP contribution in [0.15, 0.2) is 5.38 Å². The predicted molar refractivity (Wildman–Crippen MR) is 154 cm³/mol. The van der Waals surface area contributed by atoms with Crippen molar-refractivity contribution in [3.8, 4) is 0 Å². The Morgan fingerprint density at radius 3 is 2.42 bits per heavy atom. The van der Waals surface area contributed by atoms with Crippen molar-refractivity contribution >= 4 is 35.2 Å². The Morgan fingerprint density at radius 1 is 1.23 bits per heavy atom. The van der Waals surface area contributed by atoms with Crippen molar-refractivity contribution < 1.29 is 29.0 Å². The molecule has 1 aromatic heterocycles. The first-order valence-electron chi connectivity index (χ1n) is 14.2. The normalized spacial score (nSPS) is 20.7. The summed E-state index contributed by atoms with van der Waals surface area (Å²) in [6.45, 7) is 12.8. The fourth-order valence-electron chi connectivity index (χ4n) is 5.05. The van der Waals surface area contributed by atoms with Crippen LogP contribution in [0.1, 0.15) is 95.2 Å². The molecule has 3 N–H and O–H groups in total. The summed E-state index contributed by atoms with van der Waals surface area (Å²) in [4.78, 5) is 59.3. The monoisotopic (exact) mass is 581 g/mol. The highest BCUT2D eigenvalue weighted by Crippen LogP contribution is 2.31. The number of nitrogens with zero attached hydrogens (tertiary/aromatic N) is 3. The molecule has 0 saturated carbocycles. The maximum absolute atomic E-state index is 14.0. The molecule has 1 aliphatic rings. The van der Waals surface area contributed by atoms with Crippen LogP contribution in [0.5, 0.6) is 0 Å². The fourth-order valence-corrected chi connectivity index (χ4v) is 5.88. The summed E-state index contributed by atoms with van der Waals surface area (Å²) < 4.78 is 5.67. The number of aromatic nitrogens is 1. The lowest BCUT2D eigenvalue weighted by molar-refractivity contribution is -0.143. The number of carboxylic acids is 1. The molecular formula is C28H47N5O6S. The lowest BCUT2D eigenvalue weighted by Crippen LogP contribution is -2.62. The van der Waals surface area contributed by atoms with Crippen molar-refractivity contribution in [2.75, 3.05) is 27.2 Å². The molecule has 0 spiro atoms. The van der Waals surface area contributed by atoms with Gasteiger partial charge in [0.05, 0.1) is 5.54 Å². The topological polar surface area (TPSA) is 141 Å². The number of thiazole rings is 1. The van der Waals surface area contributed by atoms with Crippen LogP contribution in [0.2, 0.25) is 0 Å². The van der Waals surface area contributed by atoms with Crippen LogP contribution >= 0.6 is 11.3 Å². The predicted octanol–water partition coefficient (Wildman–Crippen LogP) is 3.91. The number of piperidine rings is 1. The van der Waals surface area contributed by atoms with E-state index in [4.69, 9.17) is 4.74 Å². The number of alkyl carbamates (subject to hydrolysis) is 1. The minimum absolute atomic E-state index is 0.0385. The van der Waals surface area contributed by atoms with Gasteiger partial charge in [-0.15, -0.1) is 11.3 Å². The van der Waals surface area contributed by atoms with Crippen LogP contribution in [0.25, 0.3) is 0 Å². The molecule has 11 nitrogen and oxygen atoms in total. The molecule has 4 unspecified atom stereocenters. The molecule has 40 heavy (non-hydrogen) atoms. The number of rotatable bonds is 13. The highest BCUT2D eigenvalue weighted by atomic mass is 32.1. The summed E-state index contributed by atoms with van der Waals surface area (Å²) >= 11 is 1.10. The summed E-state index contributed by atoms with van der Waals surface area (Å²) in [7, 11) is 3.65. The van der Waals surface area contributed by atoms with Crippen molar-refractivity contribution in [2.24, 2.45) is 11.8 Å². The number of ether oxygens (including phenoxy) is 1. The molecule has 5 atom stereocenters.